The third-order valence-corrected chi connectivity index (χ3v) is 5.67. The van der Waals surface area contributed by atoms with Crippen LogP contribution in [0.25, 0.3) is 6.08 Å². The molecule has 0 aliphatic rings. The molecular weight excluding hydrogens is 376 g/mol. The van der Waals surface area contributed by atoms with E-state index >= 15 is 0 Å². The molecule has 28 heavy (non-hydrogen) atoms. The molecule has 0 saturated carbocycles. The Hall–Kier alpha value is -3.42. The highest BCUT2D eigenvalue weighted by molar-refractivity contribution is 7.93. The highest BCUT2D eigenvalue weighted by Crippen LogP contribution is 2.32. The first kappa shape index (κ1) is 19.3. The quantitative estimate of drug-likeness (QED) is 0.379. The second-order valence-corrected chi connectivity index (χ2v) is 7.61. The number of benzene rings is 3. The Balaban J connectivity index is 2.08. The Bertz CT molecular complexity index is 1040. The molecule has 3 aromatic rings. The smallest absolute Gasteiger partial charge is 0.268 e. The van der Waals surface area contributed by atoms with Crippen LogP contribution in [0, 0.1) is 0 Å². The van der Waals surface area contributed by atoms with Crippen LogP contribution in [0.1, 0.15) is 5.56 Å². The zero-order valence-corrected chi connectivity index (χ0v) is 15.6. The summed E-state index contributed by atoms with van der Waals surface area (Å²) in [6.07, 6.45) is 2.53. The molecular formula is C21H18N2O4S. The number of hydrogen-bond donors (Lipinski definition) is 2. The van der Waals surface area contributed by atoms with E-state index in [-0.39, 0.29) is 4.90 Å². The first-order valence-corrected chi connectivity index (χ1v) is 9.84. The first-order chi connectivity index (χ1) is 13.5. The summed E-state index contributed by atoms with van der Waals surface area (Å²) >= 11 is 0. The monoisotopic (exact) mass is 394 g/mol. The third-order valence-electron chi connectivity index (χ3n) is 3.92. The van der Waals surface area contributed by atoms with Gasteiger partial charge in [0.25, 0.3) is 15.9 Å². The average molecular weight is 394 g/mol. The Morgan fingerprint density at radius 1 is 0.857 bits per heavy atom. The van der Waals surface area contributed by atoms with Crippen molar-refractivity contribution >= 4 is 33.4 Å². The Morgan fingerprint density at radius 2 is 1.43 bits per heavy atom. The Labute approximate surface area is 163 Å². The number of anilines is 2. The number of para-hydroxylation sites is 2. The van der Waals surface area contributed by atoms with Gasteiger partial charge < -0.3 is 0 Å². The van der Waals surface area contributed by atoms with Gasteiger partial charge in [-0.3, -0.25) is 10.0 Å². The molecule has 0 saturated heterocycles. The second kappa shape index (κ2) is 8.51. The van der Waals surface area contributed by atoms with Gasteiger partial charge in [-0.25, -0.2) is 18.2 Å². The molecule has 0 aliphatic carbocycles. The van der Waals surface area contributed by atoms with E-state index in [9.17, 15) is 13.2 Å². The van der Waals surface area contributed by atoms with Crippen molar-refractivity contribution in [3.05, 3.63) is 96.6 Å². The van der Waals surface area contributed by atoms with Crippen LogP contribution in [0.5, 0.6) is 0 Å². The van der Waals surface area contributed by atoms with Crippen molar-refractivity contribution in [2.45, 2.75) is 4.90 Å². The predicted octanol–water partition coefficient (Wildman–Crippen LogP) is 3.73. The number of carbonyl (C=O) groups excluding carboxylic acids is 1. The van der Waals surface area contributed by atoms with Crippen molar-refractivity contribution in [2.75, 3.05) is 4.31 Å². The highest BCUT2D eigenvalue weighted by atomic mass is 32.2. The lowest BCUT2D eigenvalue weighted by Crippen LogP contribution is -2.26. The molecule has 0 aliphatic heterocycles. The fourth-order valence-electron chi connectivity index (χ4n) is 2.65. The third kappa shape index (κ3) is 4.28. The zero-order valence-electron chi connectivity index (χ0n) is 14.8. The van der Waals surface area contributed by atoms with Gasteiger partial charge in [-0.05, 0) is 48.0 Å². The van der Waals surface area contributed by atoms with E-state index in [0.717, 1.165) is 6.08 Å². The Morgan fingerprint density at radius 3 is 1.96 bits per heavy atom. The van der Waals surface area contributed by atoms with E-state index in [1.165, 1.54) is 28.0 Å². The van der Waals surface area contributed by atoms with Gasteiger partial charge in [-0.2, -0.15) is 0 Å². The number of amides is 1. The predicted molar refractivity (Wildman–Crippen MR) is 108 cm³/mol. The molecule has 2 N–H and O–H groups in total. The molecule has 0 unspecified atom stereocenters. The largest absolute Gasteiger partial charge is 0.288 e. The summed E-state index contributed by atoms with van der Waals surface area (Å²) in [5.41, 5.74) is 3.01. The molecule has 1 amide bonds. The molecule has 7 heteroatoms. The van der Waals surface area contributed by atoms with E-state index in [4.69, 9.17) is 5.21 Å². The summed E-state index contributed by atoms with van der Waals surface area (Å²) < 4.78 is 28.2. The summed E-state index contributed by atoms with van der Waals surface area (Å²) in [5.74, 6) is -0.705. The second-order valence-electron chi connectivity index (χ2n) is 5.82. The van der Waals surface area contributed by atoms with E-state index in [1.807, 2.05) is 12.1 Å². The molecule has 142 valence electrons. The fraction of sp³-hybridized carbons (Fsp3) is 0. The number of nitrogens with one attached hydrogen (secondary N) is 1. The minimum Gasteiger partial charge on any atom is -0.288 e. The number of rotatable bonds is 6. The number of hydroxylamine groups is 1. The van der Waals surface area contributed by atoms with Crippen LogP contribution in [-0.2, 0) is 14.8 Å². The summed E-state index contributed by atoms with van der Waals surface area (Å²) in [6, 6.07) is 23.8. The molecule has 0 spiro atoms. The summed E-state index contributed by atoms with van der Waals surface area (Å²) in [7, 11) is -3.92. The van der Waals surface area contributed by atoms with Crippen molar-refractivity contribution in [3.63, 3.8) is 0 Å². The first-order valence-electron chi connectivity index (χ1n) is 8.40. The molecule has 6 nitrogen and oxygen atoms in total. The number of hydrogen-bond acceptors (Lipinski definition) is 4. The van der Waals surface area contributed by atoms with Crippen LogP contribution in [0.3, 0.4) is 0 Å². The van der Waals surface area contributed by atoms with Gasteiger partial charge in [0.05, 0.1) is 16.3 Å². The number of nitrogens with zero attached hydrogens (tertiary/aromatic N) is 1. The van der Waals surface area contributed by atoms with Crippen molar-refractivity contribution in [1.82, 2.24) is 5.48 Å². The van der Waals surface area contributed by atoms with Crippen molar-refractivity contribution in [3.8, 4) is 0 Å². The number of sulfonamides is 1. The molecule has 0 bridgehead atoms. The molecule has 0 aromatic heterocycles. The van der Waals surface area contributed by atoms with Crippen molar-refractivity contribution in [1.29, 1.82) is 0 Å². The van der Waals surface area contributed by atoms with Gasteiger partial charge >= 0.3 is 0 Å². The lowest BCUT2D eigenvalue weighted by Gasteiger charge is -2.24. The molecule has 0 atom stereocenters. The minimum atomic E-state index is -3.92. The van der Waals surface area contributed by atoms with Gasteiger partial charge in [0.1, 0.15) is 0 Å². The van der Waals surface area contributed by atoms with Gasteiger partial charge in [0.2, 0.25) is 0 Å². The molecule has 3 rings (SSSR count). The van der Waals surface area contributed by atoms with Crippen LogP contribution in [-0.4, -0.2) is 19.5 Å². The van der Waals surface area contributed by atoms with Gasteiger partial charge in [0.15, 0.2) is 0 Å². The summed E-state index contributed by atoms with van der Waals surface area (Å²) in [6.45, 7) is 0. The van der Waals surface area contributed by atoms with E-state index in [1.54, 1.807) is 60.7 Å². The maximum absolute atomic E-state index is 13.5. The van der Waals surface area contributed by atoms with Crippen LogP contribution in [0.4, 0.5) is 11.4 Å². The van der Waals surface area contributed by atoms with E-state index in [0.29, 0.717) is 16.9 Å². The maximum Gasteiger partial charge on any atom is 0.268 e. The minimum absolute atomic E-state index is 0.0757. The SMILES string of the molecule is O=C(C=Cc1cccc(S(=O)(=O)N(c2ccccc2)c2ccccc2)c1)NO. The average Bonchev–Trinajstić information content (AvgIpc) is 2.74. The highest BCUT2D eigenvalue weighted by Gasteiger charge is 2.26. The van der Waals surface area contributed by atoms with Crippen molar-refractivity contribution < 1.29 is 18.4 Å². The van der Waals surface area contributed by atoms with Gasteiger partial charge in [-0.15, -0.1) is 0 Å². The molecule has 0 fully saturated rings. The topological polar surface area (TPSA) is 86.7 Å². The van der Waals surface area contributed by atoms with Crippen molar-refractivity contribution in [2.24, 2.45) is 0 Å². The normalized spacial score (nSPS) is 11.3. The van der Waals surface area contributed by atoms with Crippen LogP contribution in [0.15, 0.2) is 95.9 Å². The molecule has 0 radical (unpaired) electrons. The van der Waals surface area contributed by atoms with E-state index < -0.39 is 15.9 Å². The van der Waals surface area contributed by atoms with Gasteiger partial charge in [0, 0.05) is 6.08 Å². The maximum atomic E-state index is 13.5. The lowest BCUT2D eigenvalue weighted by atomic mass is 10.2. The van der Waals surface area contributed by atoms with Crippen LogP contribution < -0.4 is 9.79 Å². The summed E-state index contributed by atoms with van der Waals surface area (Å²) in [5, 5.41) is 8.57. The fourth-order valence-corrected chi connectivity index (χ4v) is 4.19. The molecule has 0 heterocycles. The number of carbonyl (C=O) groups is 1. The van der Waals surface area contributed by atoms with Crippen LogP contribution in [0.2, 0.25) is 0 Å². The van der Waals surface area contributed by atoms with Gasteiger partial charge in [-0.1, -0.05) is 48.5 Å². The standard InChI is InChI=1S/C21H18N2O4S/c24-21(22-25)15-14-17-8-7-13-20(16-17)28(26,27)23(18-9-3-1-4-10-18)19-11-5-2-6-12-19/h1-16,25H,(H,22,24). The summed E-state index contributed by atoms with van der Waals surface area (Å²) in [4.78, 5) is 11.2. The molecule has 3 aromatic carbocycles. The van der Waals surface area contributed by atoms with Crippen LogP contribution >= 0.6 is 0 Å². The van der Waals surface area contributed by atoms with E-state index in [2.05, 4.69) is 0 Å². The Kier molecular flexibility index (Phi) is 5.88. The zero-order chi connectivity index (χ0) is 20.0. The lowest BCUT2D eigenvalue weighted by molar-refractivity contribution is -0.124.